The second kappa shape index (κ2) is 17.2. The van der Waals surface area contributed by atoms with E-state index in [-0.39, 0.29) is 36.2 Å². The molecular formula is C34H56N2O8. The van der Waals surface area contributed by atoms with E-state index in [1.165, 1.54) is 0 Å². The zero-order chi connectivity index (χ0) is 31.5. The van der Waals surface area contributed by atoms with Gasteiger partial charge in [0.25, 0.3) is 11.8 Å². The number of carbonyl (C=O) groups excluding carboxylic acids is 2. The summed E-state index contributed by atoms with van der Waals surface area (Å²) in [6.45, 7) is 9.52. The molecule has 1 heterocycles. The van der Waals surface area contributed by atoms with Crippen molar-refractivity contribution in [2.75, 3.05) is 19.7 Å². The minimum Gasteiger partial charge on any atom is -0.363 e. The van der Waals surface area contributed by atoms with Crippen LogP contribution in [0.3, 0.4) is 0 Å². The first-order valence-electron chi connectivity index (χ1n) is 17.1. The van der Waals surface area contributed by atoms with E-state index in [1.807, 2.05) is 6.92 Å². The molecule has 4 fully saturated rings. The fraction of sp³-hybridized carbons (Fsp3) is 0.824. The van der Waals surface area contributed by atoms with Crippen LogP contribution in [0.5, 0.6) is 0 Å². The van der Waals surface area contributed by atoms with Crippen molar-refractivity contribution in [1.82, 2.24) is 10.6 Å². The Labute approximate surface area is 263 Å². The second-order valence-electron chi connectivity index (χ2n) is 13.5. The molecule has 3 saturated carbocycles. The predicted octanol–water partition coefficient (Wildman–Crippen LogP) is 5.41. The maximum Gasteiger partial charge on any atom is 0.251 e. The zero-order valence-corrected chi connectivity index (χ0v) is 27.3. The van der Waals surface area contributed by atoms with Gasteiger partial charge >= 0.3 is 0 Å². The summed E-state index contributed by atoms with van der Waals surface area (Å²) < 4.78 is 5.67. The third-order valence-corrected chi connectivity index (χ3v) is 10.2. The van der Waals surface area contributed by atoms with Crippen LogP contribution in [0.4, 0.5) is 0 Å². The van der Waals surface area contributed by atoms with Crippen LogP contribution in [0, 0.1) is 23.7 Å². The average molecular weight is 621 g/mol. The molecule has 4 unspecified atom stereocenters. The molecule has 0 spiro atoms. The van der Waals surface area contributed by atoms with Gasteiger partial charge in [-0.1, -0.05) is 26.0 Å². The SMILES string of the molecule is C/C=C(C(=O)NCC1CCC(OOC2OCCCC2C)CC1)\C(=C/C)C(=O)NCC1CCC(OOC2(O)CCCC2C)CC1. The Morgan fingerprint density at radius 3 is 1.80 bits per heavy atom. The van der Waals surface area contributed by atoms with Crippen molar-refractivity contribution in [3.8, 4) is 0 Å². The molecule has 4 rings (SSSR count). The first kappa shape index (κ1) is 35.0. The Morgan fingerprint density at radius 1 is 0.773 bits per heavy atom. The molecule has 2 amide bonds. The lowest BCUT2D eigenvalue weighted by molar-refractivity contribution is -0.446. The maximum atomic E-state index is 13.1. The van der Waals surface area contributed by atoms with E-state index in [1.54, 1.807) is 26.0 Å². The standard InChI is InChI=1S/C34H56N2O8/c1-5-29(31(37)35-21-25-11-15-27(16-12-25)41-43-33-23(3)9-8-20-40-33)30(6-2)32(38)36-22-26-13-17-28(18-14-26)42-44-34(39)19-7-10-24(34)4/h5-6,23-28,33,39H,7-22H2,1-4H3,(H,35,37)(H,36,38)/b29-5+,30-6+. The van der Waals surface area contributed by atoms with Crippen molar-refractivity contribution in [3.05, 3.63) is 23.3 Å². The van der Waals surface area contributed by atoms with E-state index < -0.39 is 5.79 Å². The van der Waals surface area contributed by atoms with Crippen molar-refractivity contribution >= 4 is 11.8 Å². The van der Waals surface area contributed by atoms with Gasteiger partial charge in [-0.25, -0.2) is 19.6 Å². The lowest BCUT2D eigenvalue weighted by atomic mass is 9.87. The third kappa shape index (κ3) is 9.84. The average Bonchev–Trinajstić information content (AvgIpc) is 3.38. The molecule has 0 aromatic heterocycles. The fourth-order valence-electron chi connectivity index (χ4n) is 6.92. The number of aliphatic hydroxyl groups is 1. The summed E-state index contributed by atoms with van der Waals surface area (Å²) in [6.07, 6.45) is 14.9. The van der Waals surface area contributed by atoms with Crippen LogP contribution in [-0.4, -0.2) is 60.9 Å². The van der Waals surface area contributed by atoms with Gasteiger partial charge in [0.05, 0.1) is 12.2 Å². The summed E-state index contributed by atoms with van der Waals surface area (Å²) in [6, 6.07) is 0. The zero-order valence-electron chi connectivity index (χ0n) is 27.3. The highest BCUT2D eigenvalue weighted by atomic mass is 17.2. The fourth-order valence-corrected chi connectivity index (χ4v) is 6.92. The molecule has 10 heteroatoms. The molecule has 4 aliphatic rings. The quantitative estimate of drug-likeness (QED) is 0.0822. The highest BCUT2D eigenvalue weighted by Gasteiger charge is 2.41. The van der Waals surface area contributed by atoms with Gasteiger partial charge in [0.1, 0.15) is 0 Å². The molecule has 44 heavy (non-hydrogen) atoms. The summed E-state index contributed by atoms with van der Waals surface area (Å²) in [5, 5.41) is 16.7. The Morgan fingerprint density at radius 2 is 1.32 bits per heavy atom. The Balaban J connectivity index is 1.12. The number of hydrogen-bond donors (Lipinski definition) is 3. The monoisotopic (exact) mass is 620 g/mol. The summed E-state index contributed by atoms with van der Waals surface area (Å²) in [4.78, 5) is 48.7. The molecule has 1 saturated heterocycles. The number of carbonyl (C=O) groups is 2. The van der Waals surface area contributed by atoms with Crippen LogP contribution >= 0.6 is 0 Å². The predicted molar refractivity (Wildman–Crippen MR) is 165 cm³/mol. The highest BCUT2D eigenvalue weighted by molar-refractivity contribution is 6.10. The minimum absolute atomic E-state index is 0.0425. The molecule has 0 radical (unpaired) electrons. The van der Waals surface area contributed by atoms with E-state index >= 15 is 0 Å². The van der Waals surface area contributed by atoms with E-state index in [0.717, 1.165) is 83.7 Å². The van der Waals surface area contributed by atoms with Gasteiger partial charge in [0, 0.05) is 49.1 Å². The maximum absolute atomic E-state index is 13.1. The summed E-state index contributed by atoms with van der Waals surface area (Å²) >= 11 is 0. The third-order valence-electron chi connectivity index (χ3n) is 10.2. The van der Waals surface area contributed by atoms with Gasteiger partial charge in [-0.05, 0) is 103 Å². The lowest BCUT2D eigenvalue weighted by Crippen LogP contribution is -2.38. The first-order chi connectivity index (χ1) is 21.2. The lowest BCUT2D eigenvalue weighted by Gasteiger charge is -2.32. The second-order valence-corrected chi connectivity index (χ2v) is 13.5. The van der Waals surface area contributed by atoms with Gasteiger partial charge in [0.2, 0.25) is 5.79 Å². The van der Waals surface area contributed by atoms with E-state index in [4.69, 9.17) is 24.3 Å². The smallest absolute Gasteiger partial charge is 0.251 e. The van der Waals surface area contributed by atoms with Crippen molar-refractivity contribution in [3.63, 3.8) is 0 Å². The number of rotatable bonds is 13. The summed E-state index contributed by atoms with van der Waals surface area (Å²) in [5.74, 6) is -0.527. The van der Waals surface area contributed by atoms with Crippen LogP contribution in [0.2, 0.25) is 0 Å². The topological polar surface area (TPSA) is 125 Å². The Bertz CT molecular complexity index is 986. The summed E-state index contributed by atoms with van der Waals surface area (Å²) in [7, 11) is 0. The minimum atomic E-state index is -1.17. The van der Waals surface area contributed by atoms with E-state index in [2.05, 4.69) is 17.6 Å². The summed E-state index contributed by atoms with van der Waals surface area (Å²) in [5.41, 5.74) is 0.785. The van der Waals surface area contributed by atoms with Gasteiger partial charge in [-0.2, -0.15) is 0 Å². The first-order valence-corrected chi connectivity index (χ1v) is 17.1. The van der Waals surface area contributed by atoms with Crippen LogP contribution < -0.4 is 10.6 Å². The molecule has 0 aromatic carbocycles. The molecule has 250 valence electrons. The van der Waals surface area contributed by atoms with Gasteiger partial charge in [0.15, 0.2) is 6.29 Å². The van der Waals surface area contributed by atoms with E-state index in [0.29, 0.717) is 48.4 Å². The van der Waals surface area contributed by atoms with Crippen LogP contribution in [0.15, 0.2) is 23.3 Å². The number of nitrogens with one attached hydrogen (secondary N) is 2. The number of allylic oxidation sites excluding steroid dienone is 2. The molecule has 10 nitrogen and oxygen atoms in total. The van der Waals surface area contributed by atoms with Crippen LogP contribution in [0.25, 0.3) is 0 Å². The largest absolute Gasteiger partial charge is 0.363 e. The molecule has 0 aromatic rings. The molecule has 1 aliphatic heterocycles. The molecule has 3 aliphatic carbocycles. The van der Waals surface area contributed by atoms with Gasteiger partial charge in [-0.3, -0.25) is 9.59 Å². The van der Waals surface area contributed by atoms with Crippen molar-refractivity contribution < 1.29 is 39.0 Å². The van der Waals surface area contributed by atoms with Crippen molar-refractivity contribution in [2.24, 2.45) is 23.7 Å². The molecule has 4 atom stereocenters. The van der Waals surface area contributed by atoms with Crippen LogP contribution in [-0.2, 0) is 33.9 Å². The molecular weight excluding hydrogens is 564 g/mol. The van der Waals surface area contributed by atoms with Crippen molar-refractivity contribution in [1.29, 1.82) is 0 Å². The Hall–Kier alpha value is -1.82. The number of hydrogen-bond acceptors (Lipinski definition) is 8. The Kier molecular flexibility index (Phi) is 13.7. The number of amides is 2. The van der Waals surface area contributed by atoms with Crippen molar-refractivity contribution in [2.45, 2.75) is 135 Å². The van der Waals surface area contributed by atoms with E-state index in [9.17, 15) is 14.7 Å². The van der Waals surface area contributed by atoms with Crippen LogP contribution in [0.1, 0.15) is 111 Å². The van der Waals surface area contributed by atoms with Gasteiger partial charge in [-0.15, -0.1) is 0 Å². The number of ether oxygens (including phenoxy) is 1. The highest BCUT2D eigenvalue weighted by Crippen LogP contribution is 2.37. The van der Waals surface area contributed by atoms with Gasteiger partial charge < -0.3 is 20.5 Å². The molecule has 3 N–H and O–H groups in total. The molecule has 0 bridgehead atoms. The normalized spacial score (nSPS) is 35.3.